The molecule has 0 spiro atoms. The molecule has 0 fully saturated rings. The molecule has 24 heavy (non-hydrogen) atoms. The Balaban J connectivity index is 1.90. The van der Waals surface area contributed by atoms with Gasteiger partial charge in [0.25, 0.3) is 0 Å². The van der Waals surface area contributed by atoms with Gasteiger partial charge in [0.1, 0.15) is 0 Å². The number of carbonyl (C=O) groups is 1. The van der Waals surface area contributed by atoms with Crippen LogP contribution in [0.15, 0.2) is 47.6 Å². The first-order chi connectivity index (χ1) is 11.5. The Bertz CT molecular complexity index is 769. The molecule has 0 saturated heterocycles. The second kappa shape index (κ2) is 8.21. The molecule has 0 atom stereocenters. The summed E-state index contributed by atoms with van der Waals surface area (Å²) in [5, 5.41) is 10.4. The van der Waals surface area contributed by atoms with Crippen LogP contribution in [0.2, 0.25) is 0 Å². The Kier molecular flexibility index (Phi) is 6.03. The van der Waals surface area contributed by atoms with Crippen LogP contribution in [-0.4, -0.2) is 17.2 Å². The van der Waals surface area contributed by atoms with Crippen LogP contribution in [-0.2, 0) is 4.79 Å². The summed E-state index contributed by atoms with van der Waals surface area (Å²) in [4.78, 5) is 11.0. The fourth-order valence-corrected chi connectivity index (χ4v) is 2.22. The summed E-state index contributed by atoms with van der Waals surface area (Å²) in [6.45, 7) is 5.57. The average Bonchev–Trinajstić information content (AvgIpc) is 2.53. The summed E-state index contributed by atoms with van der Waals surface area (Å²) in [5.41, 5.74) is 7.75. The molecule has 0 saturated carbocycles. The van der Waals surface area contributed by atoms with Gasteiger partial charge in [0, 0.05) is 18.3 Å². The number of rotatable bonds is 4. The predicted molar refractivity (Wildman–Crippen MR) is 104 cm³/mol. The third-order valence-electron chi connectivity index (χ3n) is 3.46. The number of thiocarbonyl (C=S) groups is 1. The van der Waals surface area contributed by atoms with E-state index in [1.54, 1.807) is 6.21 Å². The molecular weight excluding hydrogens is 320 g/mol. The van der Waals surface area contributed by atoms with Crippen molar-refractivity contribution in [2.45, 2.75) is 20.8 Å². The molecule has 0 aliphatic heterocycles. The zero-order valence-electron chi connectivity index (χ0n) is 13.9. The van der Waals surface area contributed by atoms with E-state index in [1.165, 1.54) is 12.5 Å². The number of carbonyl (C=O) groups excluding carboxylic acids is 1. The van der Waals surface area contributed by atoms with Crippen LogP contribution in [0.1, 0.15) is 23.6 Å². The highest BCUT2D eigenvalue weighted by atomic mass is 32.1. The number of amides is 1. The minimum atomic E-state index is -0.0963. The third-order valence-corrected chi connectivity index (χ3v) is 3.66. The maximum atomic E-state index is 11.0. The summed E-state index contributed by atoms with van der Waals surface area (Å²) < 4.78 is 0. The number of benzene rings is 2. The van der Waals surface area contributed by atoms with E-state index in [1.807, 2.05) is 43.3 Å². The van der Waals surface area contributed by atoms with Crippen LogP contribution in [0, 0.1) is 13.8 Å². The number of nitrogens with zero attached hydrogens (tertiary/aromatic N) is 1. The van der Waals surface area contributed by atoms with Crippen molar-refractivity contribution in [3.63, 3.8) is 0 Å². The zero-order valence-corrected chi connectivity index (χ0v) is 14.7. The summed E-state index contributed by atoms with van der Waals surface area (Å²) in [6.07, 6.45) is 1.66. The SMILES string of the molecule is CC(=O)Nc1ccc(/C=N\NC(=S)Nc2cccc(C)c2C)cc1. The van der Waals surface area contributed by atoms with Gasteiger partial charge in [-0.05, 0) is 61.0 Å². The van der Waals surface area contributed by atoms with Crippen molar-refractivity contribution in [1.29, 1.82) is 0 Å². The van der Waals surface area contributed by atoms with Gasteiger partial charge in [-0.2, -0.15) is 5.10 Å². The average molecular weight is 340 g/mol. The zero-order chi connectivity index (χ0) is 17.5. The second-order valence-corrected chi connectivity index (χ2v) is 5.78. The number of aryl methyl sites for hydroxylation is 1. The molecule has 0 aliphatic carbocycles. The predicted octanol–water partition coefficient (Wildman–Crippen LogP) is 3.58. The number of nitrogens with one attached hydrogen (secondary N) is 3. The van der Waals surface area contributed by atoms with E-state index in [0.717, 1.165) is 22.5 Å². The smallest absolute Gasteiger partial charge is 0.221 e. The highest BCUT2D eigenvalue weighted by molar-refractivity contribution is 7.80. The molecule has 0 bridgehead atoms. The highest BCUT2D eigenvalue weighted by Crippen LogP contribution is 2.17. The summed E-state index contributed by atoms with van der Waals surface area (Å²) >= 11 is 5.24. The summed E-state index contributed by atoms with van der Waals surface area (Å²) in [7, 11) is 0. The van der Waals surface area contributed by atoms with Crippen molar-refractivity contribution >= 4 is 40.8 Å². The molecule has 6 heteroatoms. The van der Waals surface area contributed by atoms with Gasteiger partial charge in [-0.3, -0.25) is 10.2 Å². The lowest BCUT2D eigenvalue weighted by Gasteiger charge is -2.11. The summed E-state index contributed by atoms with van der Waals surface area (Å²) in [6, 6.07) is 13.4. The van der Waals surface area contributed by atoms with Gasteiger partial charge in [0.05, 0.1) is 6.21 Å². The van der Waals surface area contributed by atoms with E-state index in [0.29, 0.717) is 5.11 Å². The van der Waals surface area contributed by atoms with Crippen LogP contribution in [0.3, 0.4) is 0 Å². The number of anilines is 2. The lowest BCUT2D eigenvalue weighted by Crippen LogP contribution is -2.24. The molecule has 1 amide bonds. The Labute approximate surface area is 147 Å². The Morgan fingerprint density at radius 2 is 1.79 bits per heavy atom. The monoisotopic (exact) mass is 340 g/mol. The molecule has 0 heterocycles. The third kappa shape index (κ3) is 5.17. The van der Waals surface area contributed by atoms with Crippen molar-refractivity contribution in [2.75, 3.05) is 10.6 Å². The fraction of sp³-hybridized carbons (Fsp3) is 0.167. The fourth-order valence-electron chi connectivity index (χ4n) is 2.06. The molecule has 2 aromatic rings. The molecule has 2 aromatic carbocycles. The van der Waals surface area contributed by atoms with Gasteiger partial charge < -0.3 is 10.6 Å². The maximum Gasteiger partial charge on any atom is 0.221 e. The van der Waals surface area contributed by atoms with E-state index >= 15 is 0 Å². The van der Waals surface area contributed by atoms with Crippen LogP contribution >= 0.6 is 12.2 Å². The lowest BCUT2D eigenvalue weighted by atomic mass is 10.1. The molecular formula is C18H20N4OS. The van der Waals surface area contributed by atoms with E-state index < -0.39 is 0 Å². The summed E-state index contributed by atoms with van der Waals surface area (Å²) in [5.74, 6) is -0.0963. The van der Waals surface area contributed by atoms with E-state index in [4.69, 9.17) is 12.2 Å². The topological polar surface area (TPSA) is 65.5 Å². The Morgan fingerprint density at radius 1 is 1.08 bits per heavy atom. The second-order valence-electron chi connectivity index (χ2n) is 5.37. The quantitative estimate of drug-likeness (QED) is 0.452. The van der Waals surface area contributed by atoms with Crippen molar-refractivity contribution in [3.8, 4) is 0 Å². The first-order valence-corrected chi connectivity index (χ1v) is 7.90. The van der Waals surface area contributed by atoms with Crippen LogP contribution in [0.4, 0.5) is 11.4 Å². The van der Waals surface area contributed by atoms with E-state index in [2.05, 4.69) is 34.2 Å². The van der Waals surface area contributed by atoms with Crippen molar-refractivity contribution < 1.29 is 4.79 Å². The van der Waals surface area contributed by atoms with Gasteiger partial charge in [-0.25, -0.2) is 0 Å². The molecule has 2 rings (SSSR count). The molecule has 0 aromatic heterocycles. The number of hydrogen-bond acceptors (Lipinski definition) is 3. The standard InChI is InChI=1S/C18H20N4OS/c1-12-5-4-6-17(13(12)2)21-18(24)22-19-11-15-7-9-16(10-8-15)20-14(3)23/h4-11H,1-3H3,(H,20,23)(H2,21,22,24)/b19-11-. The van der Waals surface area contributed by atoms with E-state index in [9.17, 15) is 4.79 Å². The molecule has 124 valence electrons. The minimum absolute atomic E-state index is 0.0963. The number of hydrogen-bond donors (Lipinski definition) is 3. The van der Waals surface area contributed by atoms with Gasteiger partial charge >= 0.3 is 0 Å². The Hall–Kier alpha value is -2.73. The van der Waals surface area contributed by atoms with Gasteiger partial charge in [0.15, 0.2) is 5.11 Å². The van der Waals surface area contributed by atoms with Crippen LogP contribution < -0.4 is 16.1 Å². The maximum absolute atomic E-state index is 11.0. The normalized spacial score (nSPS) is 10.5. The van der Waals surface area contributed by atoms with Gasteiger partial charge in [-0.15, -0.1) is 0 Å². The van der Waals surface area contributed by atoms with Crippen LogP contribution in [0.5, 0.6) is 0 Å². The highest BCUT2D eigenvalue weighted by Gasteiger charge is 2.02. The Morgan fingerprint density at radius 3 is 2.46 bits per heavy atom. The molecule has 3 N–H and O–H groups in total. The largest absolute Gasteiger partial charge is 0.331 e. The van der Waals surface area contributed by atoms with E-state index in [-0.39, 0.29) is 5.91 Å². The molecule has 5 nitrogen and oxygen atoms in total. The first-order valence-electron chi connectivity index (χ1n) is 7.49. The van der Waals surface area contributed by atoms with Crippen molar-refractivity contribution in [2.24, 2.45) is 5.10 Å². The minimum Gasteiger partial charge on any atom is -0.331 e. The molecule has 0 aliphatic rings. The van der Waals surface area contributed by atoms with Crippen molar-refractivity contribution in [3.05, 3.63) is 59.2 Å². The van der Waals surface area contributed by atoms with Crippen LogP contribution in [0.25, 0.3) is 0 Å². The van der Waals surface area contributed by atoms with Gasteiger partial charge in [0.2, 0.25) is 5.91 Å². The molecule has 0 radical (unpaired) electrons. The van der Waals surface area contributed by atoms with Gasteiger partial charge in [-0.1, -0.05) is 24.3 Å². The first kappa shape index (κ1) is 17.6. The number of hydrazone groups is 1. The van der Waals surface area contributed by atoms with Crippen molar-refractivity contribution in [1.82, 2.24) is 5.43 Å². The molecule has 0 unspecified atom stereocenters. The lowest BCUT2D eigenvalue weighted by molar-refractivity contribution is -0.114.